The van der Waals surface area contributed by atoms with Gasteiger partial charge in [-0.15, -0.1) is 0 Å². The fourth-order valence-corrected chi connectivity index (χ4v) is 3.26. The monoisotopic (exact) mass is 346 g/mol. The summed E-state index contributed by atoms with van der Waals surface area (Å²) in [5.74, 6) is -0.526. The summed E-state index contributed by atoms with van der Waals surface area (Å²) in [6.07, 6.45) is -4.62. The zero-order chi connectivity index (χ0) is 18.4. The Bertz CT molecular complexity index is 843. The number of aryl methyl sites for hydroxylation is 1. The lowest BCUT2D eigenvalue weighted by molar-refractivity contribution is -0.138. The molecule has 0 spiro atoms. The molecule has 0 atom stereocenters. The Kier molecular flexibility index (Phi) is 4.50. The molecule has 2 nitrogen and oxygen atoms in total. The second-order valence-corrected chi connectivity index (χ2v) is 6.51. The van der Waals surface area contributed by atoms with E-state index in [2.05, 4.69) is 0 Å². The van der Waals surface area contributed by atoms with E-state index < -0.39 is 17.5 Å². The highest BCUT2D eigenvalue weighted by Gasteiger charge is 2.37. The van der Waals surface area contributed by atoms with Crippen LogP contribution in [0.15, 0.2) is 30.3 Å². The normalized spacial score (nSPS) is 13.9. The SMILES string of the molecule is CB1OCc2ccc(CC(=O)c3ccc(C)c(C)c3C(F)(F)F)cc21. The van der Waals surface area contributed by atoms with Crippen LogP contribution in [0.4, 0.5) is 13.2 Å². The van der Waals surface area contributed by atoms with Gasteiger partial charge in [0.1, 0.15) is 0 Å². The summed E-state index contributed by atoms with van der Waals surface area (Å²) in [7, 11) is 0. The predicted molar refractivity (Wildman–Crippen MR) is 91.4 cm³/mol. The Morgan fingerprint density at radius 2 is 1.92 bits per heavy atom. The van der Waals surface area contributed by atoms with Crippen molar-refractivity contribution in [2.24, 2.45) is 0 Å². The van der Waals surface area contributed by atoms with Gasteiger partial charge in [0.2, 0.25) is 0 Å². The molecule has 0 aromatic heterocycles. The zero-order valence-electron chi connectivity index (χ0n) is 14.3. The Morgan fingerprint density at radius 3 is 2.60 bits per heavy atom. The fraction of sp³-hybridized carbons (Fsp3) is 0.316. The summed E-state index contributed by atoms with van der Waals surface area (Å²) < 4.78 is 45.9. The van der Waals surface area contributed by atoms with Gasteiger partial charge in [0.15, 0.2) is 5.78 Å². The Balaban J connectivity index is 1.95. The largest absolute Gasteiger partial charge is 0.427 e. The van der Waals surface area contributed by atoms with Gasteiger partial charge >= 0.3 is 13.1 Å². The molecule has 0 unspecified atom stereocenters. The standard InChI is InChI=1S/C19H18BF3O2/c1-11-4-7-15(18(12(11)2)19(21,22)23)17(24)9-13-5-6-14-10-25-20(3)16(14)8-13/h4-8H,9-10H2,1-3H3. The number of carbonyl (C=O) groups is 1. The number of ketones is 1. The van der Waals surface area contributed by atoms with Crippen molar-refractivity contribution >= 4 is 18.2 Å². The van der Waals surface area contributed by atoms with Crippen LogP contribution >= 0.6 is 0 Å². The summed E-state index contributed by atoms with van der Waals surface area (Å²) >= 11 is 0. The number of fused-ring (bicyclic) bond motifs is 1. The molecule has 1 aliphatic heterocycles. The number of benzene rings is 2. The second-order valence-electron chi connectivity index (χ2n) is 6.51. The molecule has 1 aliphatic rings. The third-order valence-electron chi connectivity index (χ3n) is 4.82. The molecule has 130 valence electrons. The summed E-state index contributed by atoms with van der Waals surface area (Å²) in [5, 5.41) is 0. The molecule has 0 bridgehead atoms. The smallest absolute Gasteiger partial charge is 0.417 e. The third kappa shape index (κ3) is 3.36. The Labute approximate surface area is 145 Å². The van der Waals surface area contributed by atoms with Gasteiger partial charge in [-0.3, -0.25) is 4.79 Å². The average Bonchev–Trinajstić information content (AvgIpc) is 2.89. The first-order valence-corrected chi connectivity index (χ1v) is 8.12. The molecule has 2 aromatic rings. The van der Waals surface area contributed by atoms with E-state index in [0.717, 1.165) is 11.0 Å². The van der Waals surface area contributed by atoms with E-state index in [9.17, 15) is 18.0 Å². The van der Waals surface area contributed by atoms with Crippen LogP contribution in [0.1, 0.15) is 38.2 Å². The van der Waals surface area contributed by atoms with Crippen molar-refractivity contribution < 1.29 is 22.6 Å². The van der Waals surface area contributed by atoms with Crippen LogP contribution in [-0.4, -0.2) is 12.7 Å². The molecule has 0 aliphatic carbocycles. The molecule has 25 heavy (non-hydrogen) atoms. The predicted octanol–water partition coefficient (Wildman–Crippen LogP) is 4.11. The van der Waals surface area contributed by atoms with E-state index in [4.69, 9.17) is 4.65 Å². The molecule has 6 heteroatoms. The summed E-state index contributed by atoms with van der Waals surface area (Å²) in [6, 6.07) is 8.38. The minimum Gasteiger partial charge on any atom is -0.427 e. The first-order valence-electron chi connectivity index (χ1n) is 8.12. The number of hydrogen-bond donors (Lipinski definition) is 0. The lowest BCUT2D eigenvalue weighted by atomic mass is 9.64. The maximum atomic E-state index is 13.5. The van der Waals surface area contributed by atoms with Crippen molar-refractivity contribution in [3.63, 3.8) is 0 Å². The second kappa shape index (κ2) is 6.34. The van der Waals surface area contributed by atoms with Gasteiger partial charge in [-0.2, -0.15) is 13.2 Å². The lowest BCUT2D eigenvalue weighted by Gasteiger charge is -2.17. The molecule has 0 saturated heterocycles. The molecule has 3 rings (SSSR count). The average molecular weight is 346 g/mol. The van der Waals surface area contributed by atoms with Crippen molar-refractivity contribution in [1.82, 2.24) is 0 Å². The molecule has 0 fully saturated rings. The van der Waals surface area contributed by atoms with Crippen LogP contribution in [0.2, 0.25) is 6.82 Å². The topological polar surface area (TPSA) is 26.3 Å². The molecule has 0 radical (unpaired) electrons. The third-order valence-corrected chi connectivity index (χ3v) is 4.82. The van der Waals surface area contributed by atoms with Crippen LogP contribution in [0.3, 0.4) is 0 Å². The molecular formula is C19H18BF3O2. The quantitative estimate of drug-likeness (QED) is 0.618. The minimum absolute atomic E-state index is 0.0580. The molecular weight excluding hydrogens is 328 g/mol. The molecule has 0 N–H and O–H groups in total. The van der Waals surface area contributed by atoms with Crippen molar-refractivity contribution in [3.8, 4) is 0 Å². The molecule has 0 saturated carbocycles. The van der Waals surface area contributed by atoms with Gasteiger partial charge in [-0.05, 0) is 41.6 Å². The van der Waals surface area contributed by atoms with Crippen molar-refractivity contribution in [2.45, 2.75) is 39.9 Å². The van der Waals surface area contributed by atoms with Gasteiger partial charge in [0.05, 0.1) is 12.2 Å². The van der Waals surface area contributed by atoms with E-state index >= 15 is 0 Å². The van der Waals surface area contributed by atoms with Crippen LogP contribution in [-0.2, 0) is 23.9 Å². The highest BCUT2D eigenvalue weighted by Crippen LogP contribution is 2.36. The maximum Gasteiger partial charge on any atom is 0.417 e. The zero-order valence-corrected chi connectivity index (χ0v) is 14.3. The highest BCUT2D eigenvalue weighted by molar-refractivity contribution is 6.67. The number of carbonyl (C=O) groups excluding carboxylic acids is 1. The first-order chi connectivity index (χ1) is 11.7. The van der Waals surface area contributed by atoms with E-state index in [1.165, 1.54) is 13.0 Å². The molecule has 1 heterocycles. The lowest BCUT2D eigenvalue weighted by Crippen LogP contribution is -2.25. The van der Waals surface area contributed by atoms with E-state index in [1.54, 1.807) is 19.1 Å². The van der Waals surface area contributed by atoms with Gasteiger partial charge in [0.25, 0.3) is 0 Å². The Morgan fingerprint density at radius 1 is 1.20 bits per heavy atom. The van der Waals surface area contributed by atoms with Gasteiger partial charge < -0.3 is 4.65 Å². The fourth-order valence-electron chi connectivity index (χ4n) is 3.26. The summed E-state index contributed by atoms with van der Waals surface area (Å²) in [6.45, 7) is 5.41. The Hall–Kier alpha value is -2.08. The summed E-state index contributed by atoms with van der Waals surface area (Å²) in [4.78, 5) is 12.6. The van der Waals surface area contributed by atoms with Crippen molar-refractivity contribution in [1.29, 1.82) is 0 Å². The minimum atomic E-state index is -4.55. The number of Topliss-reactive ketones (excluding diaryl/α,β-unsaturated/α-hetero) is 1. The van der Waals surface area contributed by atoms with Crippen LogP contribution in [0.5, 0.6) is 0 Å². The van der Waals surface area contributed by atoms with Crippen LogP contribution < -0.4 is 5.46 Å². The first kappa shape index (κ1) is 17.7. The van der Waals surface area contributed by atoms with Gasteiger partial charge in [-0.25, -0.2) is 0 Å². The van der Waals surface area contributed by atoms with E-state index in [1.807, 2.05) is 19.0 Å². The van der Waals surface area contributed by atoms with Crippen LogP contribution in [0.25, 0.3) is 0 Å². The number of alkyl halides is 3. The van der Waals surface area contributed by atoms with Gasteiger partial charge in [0, 0.05) is 12.0 Å². The van der Waals surface area contributed by atoms with E-state index in [0.29, 0.717) is 17.7 Å². The van der Waals surface area contributed by atoms with Crippen LogP contribution in [0, 0.1) is 13.8 Å². The van der Waals surface area contributed by atoms with Crippen molar-refractivity contribution in [2.75, 3.05) is 0 Å². The number of hydrogen-bond acceptors (Lipinski definition) is 2. The summed E-state index contributed by atoms with van der Waals surface area (Å²) in [5.41, 5.74) is 2.30. The van der Waals surface area contributed by atoms with Gasteiger partial charge in [-0.1, -0.05) is 37.2 Å². The molecule has 2 aromatic carbocycles. The number of rotatable bonds is 3. The van der Waals surface area contributed by atoms with E-state index in [-0.39, 0.29) is 24.5 Å². The number of halogens is 3. The highest BCUT2D eigenvalue weighted by atomic mass is 19.4. The molecule has 0 amide bonds. The maximum absolute atomic E-state index is 13.5. The van der Waals surface area contributed by atoms with Crippen molar-refractivity contribution in [3.05, 3.63) is 63.7 Å².